The first-order valence-corrected chi connectivity index (χ1v) is 7.98. The number of nitrogens with zero attached hydrogens (tertiary/aromatic N) is 1. The van der Waals surface area contributed by atoms with Gasteiger partial charge < -0.3 is 16.4 Å². The largest absolute Gasteiger partial charge is 0.370 e. The molecule has 0 bridgehead atoms. The fourth-order valence-electron chi connectivity index (χ4n) is 2.16. The molecule has 0 saturated heterocycles. The predicted molar refractivity (Wildman–Crippen MR) is 90.6 cm³/mol. The number of hydrogen-bond acceptors (Lipinski definition) is 2. The number of aliphatic imine (C=N–C) groups is 1. The van der Waals surface area contributed by atoms with Crippen molar-refractivity contribution in [2.45, 2.75) is 39.7 Å². The molecule has 4 N–H and O–H groups in total. The molecule has 5 nitrogen and oxygen atoms in total. The number of nitrogens with two attached hydrogens (primary N) is 1. The second kappa shape index (κ2) is 7.82. The Morgan fingerprint density at radius 2 is 2.00 bits per heavy atom. The molecule has 0 unspecified atom stereocenters. The molecule has 1 aromatic carbocycles. The molecule has 1 saturated carbocycles. The van der Waals surface area contributed by atoms with Crippen LogP contribution in [0.1, 0.15) is 38.7 Å². The number of benzene rings is 1. The molecule has 1 aliphatic rings. The lowest BCUT2D eigenvalue weighted by Gasteiger charge is -2.25. The molecule has 2 rings (SSSR count). The molecule has 0 atom stereocenters. The van der Waals surface area contributed by atoms with Crippen LogP contribution in [-0.4, -0.2) is 18.4 Å². The van der Waals surface area contributed by atoms with E-state index in [0.717, 1.165) is 23.7 Å². The summed E-state index contributed by atoms with van der Waals surface area (Å²) in [5.74, 6) is 1.27. The minimum Gasteiger partial charge on any atom is -0.370 e. The highest BCUT2D eigenvalue weighted by atomic mass is 16.1. The highest BCUT2D eigenvalue weighted by Gasteiger charge is 2.16. The van der Waals surface area contributed by atoms with Gasteiger partial charge in [0.25, 0.3) is 0 Å². The summed E-state index contributed by atoms with van der Waals surface area (Å²) in [6.07, 6.45) is 3.93. The van der Waals surface area contributed by atoms with Crippen LogP contribution in [0.25, 0.3) is 0 Å². The topological polar surface area (TPSA) is 79.5 Å². The fraction of sp³-hybridized carbons (Fsp3) is 0.529. The maximum absolute atomic E-state index is 11.6. The first-order chi connectivity index (χ1) is 10.5. The lowest BCUT2D eigenvalue weighted by atomic mass is 9.85. The monoisotopic (exact) mass is 302 g/mol. The van der Waals surface area contributed by atoms with E-state index in [0.29, 0.717) is 12.5 Å². The molecule has 1 fully saturated rings. The minimum atomic E-state index is -0.0224. The van der Waals surface area contributed by atoms with E-state index >= 15 is 0 Å². The molecule has 0 spiro atoms. The number of nitrogens with one attached hydrogen (secondary N) is 2. The van der Waals surface area contributed by atoms with Crippen LogP contribution in [0.4, 0.5) is 5.69 Å². The Morgan fingerprint density at radius 3 is 2.55 bits per heavy atom. The second-order valence-corrected chi connectivity index (χ2v) is 6.22. The van der Waals surface area contributed by atoms with Crippen LogP contribution < -0.4 is 16.4 Å². The lowest BCUT2D eigenvalue weighted by molar-refractivity contribution is -0.118. The predicted octanol–water partition coefficient (Wildman–Crippen LogP) is 2.49. The van der Waals surface area contributed by atoms with Crippen LogP contribution in [0, 0.1) is 11.8 Å². The first kappa shape index (κ1) is 16.3. The van der Waals surface area contributed by atoms with Gasteiger partial charge in [-0.05, 0) is 36.5 Å². The van der Waals surface area contributed by atoms with E-state index in [9.17, 15) is 4.79 Å². The molecule has 0 heterocycles. The Bertz CT molecular complexity index is 518. The van der Waals surface area contributed by atoms with Gasteiger partial charge in [0.05, 0.1) is 6.54 Å². The maximum Gasteiger partial charge on any atom is 0.226 e. The van der Waals surface area contributed by atoms with Gasteiger partial charge in [0, 0.05) is 18.2 Å². The van der Waals surface area contributed by atoms with Crippen LogP contribution >= 0.6 is 0 Å². The van der Waals surface area contributed by atoms with E-state index in [1.807, 2.05) is 38.1 Å². The van der Waals surface area contributed by atoms with Gasteiger partial charge in [-0.2, -0.15) is 0 Å². The van der Waals surface area contributed by atoms with Crippen LogP contribution in [-0.2, 0) is 11.3 Å². The molecule has 22 heavy (non-hydrogen) atoms. The van der Waals surface area contributed by atoms with Crippen molar-refractivity contribution < 1.29 is 4.79 Å². The molecule has 1 aliphatic carbocycles. The maximum atomic E-state index is 11.6. The Hall–Kier alpha value is -2.04. The summed E-state index contributed by atoms with van der Waals surface area (Å²) < 4.78 is 0. The third kappa shape index (κ3) is 5.06. The van der Waals surface area contributed by atoms with Crippen molar-refractivity contribution in [2.75, 3.05) is 11.9 Å². The van der Waals surface area contributed by atoms with Crippen molar-refractivity contribution in [3.05, 3.63) is 29.8 Å². The summed E-state index contributed by atoms with van der Waals surface area (Å²) in [4.78, 5) is 16.0. The Labute approximate surface area is 132 Å². The zero-order chi connectivity index (χ0) is 15.9. The molecular weight excluding hydrogens is 276 g/mol. The zero-order valence-corrected chi connectivity index (χ0v) is 13.4. The highest BCUT2D eigenvalue weighted by Crippen LogP contribution is 2.24. The molecule has 0 aromatic heterocycles. The summed E-state index contributed by atoms with van der Waals surface area (Å²) >= 11 is 0. The number of carbonyl (C=O) groups is 1. The summed E-state index contributed by atoms with van der Waals surface area (Å²) in [5, 5.41) is 6.04. The second-order valence-electron chi connectivity index (χ2n) is 6.22. The Morgan fingerprint density at radius 1 is 1.32 bits per heavy atom. The summed E-state index contributed by atoms with van der Waals surface area (Å²) in [5.41, 5.74) is 7.73. The van der Waals surface area contributed by atoms with Crippen molar-refractivity contribution in [3.63, 3.8) is 0 Å². The van der Waals surface area contributed by atoms with Crippen molar-refractivity contribution >= 4 is 17.6 Å². The molecule has 0 aliphatic heterocycles. The summed E-state index contributed by atoms with van der Waals surface area (Å²) in [6.45, 7) is 5.22. The van der Waals surface area contributed by atoms with E-state index in [1.54, 1.807) is 0 Å². The van der Waals surface area contributed by atoms with E-state index in [2.05, 4.69) is 15.6 Å². The fourth-order valence-corrected chi connectivity index (χ4v) is 2.16. The highest BCUT2D eigenvalue weighted by molar-refractivity contribution is 5.92. The van der Waals surface area contributed by atoms with Crippen LogP contribution in [0.5, 0.6) is 0 Å². The van der Waals surface area contributed by atoms with Crippen molar-refractivity contribution in [3.8, 4) is 0 Å². The lowest BCUT2D eigenvalue weighted by Crippen LogP contribution is -2.37. The van der Waals surface area contributed by atoms with Gasteiger partial charge in [-0.25, -0.2) is 4.99 Å². The number of amides is 1. The van der Waals surface area contributed by atoms with Gasteiger partial charge in [0.2, 0.25) is 5.91 Å². The molecule has 5 heteroatoms. The molecule has 1 aromatic rings. The standard InChI is InChI=1S/C17H26N4O/c1-12(2)16(22)21-15-8-6-14(7-9-15)11-20-17(18)19-10-13-4-3-5-13/h6-9,12-13H,3-5,10-11H2,1-2H3,(H,21,22)(H3,18,19,20). The number of carbonyl (C=O) groups excluding carboxylic acids is 1. The van der Waals surface area contributed by atoms with Gasteiger partial charge in [-0.3, -0.25) is 4.79 Å². The van der Waals surface area contributed by atoms with E-state index in [-0.39, 0.29) is 11.8 Å². The van der Waals surface area contributed by atoms with Gasteiger partial charge in [-0.1, -0.05) is 32.4 Å². The van der Waals surface area contributed by atoms with Gasteiger partial charge >= 0.3 is 0 Å². The number of hydrogen-bond donors (Lipinski definition) is 3. The third-order valence-corrected chi connectivity index (χ3v) is 3.97. The number of guanidine groups is 1. The summed E-state index contributed by atoms with van der Waals surface area (Å²) in [6, 6.07) is 7.70. The molecule has 1 amide bonds. The Kier molecular flexibility index (Phi) is 5.81. The van der Waals surface area contributed by atoms with Gasteiger partial charge in [0.1, 0.15) is 0 Å². The minimum absolute atomic E-state index is 0.0224. The van der Waals surface area contributed by atoms with Crippen molar-refractivity contribution in [2.24, 2.45) is 22.6 Å². The third-order valence-electron chi connectivity index (χ3n) is 3.97. The van der Waals surface area contributed by atoms with Crippen LogP contribution in [0.15, 0.2) is 29.3 Å². The Balaban J connectivity index is 1.78. The van der Waals surface area contributed by atoms with Crippen molar-refractivity contribution in [1.29, 1.82) is 0 Å². The average molecular weight is 302 g/mol. The van der Waals surface area contributed by atoms with Gasteiger partial charge in [0.15, 0.2) is 5.96 Å². The average Bonchev–Trinajstić information content (AvgIpc) is 2.44. The zero-order valence-electron chi connectivity index (χ0n) is 13.4. The van der Waals surface area contributed by atoms with Crippen LogP contribution in [0.3, 0.4) is 0 Å². The van der Waals surface area contributed by atoms with Crippen LogP contribution in [0.2, 0.25) is 0 Å². The SMILES string of the molecule is CC(C)C(=O)Nc1ccc(CN=C(N)NCC2CCC2)cc1. The molecule has 120 valence electrons. The van der Waals surface area contributed by atoms with Gasteiger partial charge in [-0.15, -0.1) is 0 Å². The van der Waals surface area contributed by atoms with Crippen molar-refractivity contribution in [1.82, 2.24) is 5.32 Å². The first-order valence-electron chi connectivity index (χ1n) is 7.98. The molecular formula is C17H26N4O. The number of rotatable bonds is 6. The number of anilines is 1. The van der Waals surface area contributed by atoms with E-state index in [1.165, 1.54) is 19.3 Å². The van der Waals surface area contributed by atoms with E-state index in [4.69, 9.17) is 5.73 Å². The molecule has 0 radical (unpaired) electrons. The normalized spacial score (nSPS) is 15.5. The summed E-state index contributed by atoms with van der Waals surface area (Å²) in [7, 11) is 0. The van der Waals surface area contributed by atoms with E-state index < -0.39 is 0 Å². The smallest absolute Gasteiger partial charge is 0.226 e. The quantitative estimate of drug-likeness (QED) is 0.558.